The lowest BCUT2D eigenvalue weighted by atomic mass is 10.1. The van der Waals surface area contributed by atoms with Crippen LogP contribution in [0.5, 0.6) is 0 Å². The van der Waals surface area contributed by atoms with Crippen molar-refractivity contribution >= 4 is 33.7 Å². The molecule has 0 aromatic rings. The van der Waals surface area contributed by atoms with E-state index in [4.69, 9.17) is 34.7 Å². The van der Waals surface area contributed by atoms with Crippen LogP contribution in [0.15, 0.2) is 0 Å². The van der Waals surface area contributed by atoms with E-state index in [0.29, 0.717) is 12.8 Å². The number of carbonyl (C=O) groups is 2. The summed E-state index contributed by atoms with van der Waals surface area (Å²) >= 11 is 10.4. The van der Waals surface area contributed by atoms with Gasteiger partial charge in [-0.25, -0.2) is 0 Å². The maximum absolute atomic E-state index is 10.4. The second kappa shape index (κ2) is 20.8. The van der Waals surface area contributed by atoms with Crippen LogP contribution in [0.1, 0.15) is 77.0 Å². The highest BCUT2D eigenvalue weighted by atomic mass is 35.5. The monoisotopic (exact) mass is 354 g/mol. The van der Waals surface area contributed by atoms with Crippen LogP contribution in [-0.2, 0) is 9.59 Å². The first-order chi connectivity index (χ1) is 10.5. The minimum atomic E-state index is -0.252. The molecular weight excluding hydrogens is 323 g/mol. The van der Waals surface area contributed by atoms with Gasteiger partial charge in [0.2, 0.25) is 10.5 Å². The van der Waals surface area contributed by atoms with Crippen LogP contribution < -0.4 is 11.5 Å². The average Bonchev–Trinajstić information content (AvgIpc) is 2.46. The fourth-order valence-electron chi connectivity index (χ4n) is 1.88. The van der Waals surface area contributed by atoms with Crippen LogP contribution in [-0.4, -0.2) is 23.6 Å². The molecule has 132 valence electrons. The number of unbranched alkanes of at least 4 members (excludes halogenated alkanes) is 8. The Hall–Kier alpha value is -0.160. The molecule has 0 aliphatic rings. The molecule has 0 atom stereocenters. The van der Waals surface area contributed by atoms with E-state index < -0.39 is 0 Å². The number of rotatable bonds is 14. The van der Waals surface area contributed by atoms with Crippen LogP contribution in [0.2, 0.25) is 0 Å². The zero-order chi connectivity index (χ0) is 17.1. The van der Waals surface area contributed by atoms with E-state index in [0.717, 1.165) is 64.5 Å². The Morgan fingerprint density at radius 3 is 1.09 bits per heavy atom. The predicted molar refractivity (Wildman–Crippen MR) is 95.2 cm³/mol. The highest BCUT2D eigenvalue weighted by Gasteiger charge is 1.97. The zero-order valence-electron chi connectivity index (χ0n) is 13.6. The van der Waals surface area contributed by atoms with Crippen molar-refractivity contribution in [2.75, 3.05) is 13.1 Å². The summed E-state index contributed by atoms with van der Waals surface area (Å²) in [6.07, 6.45) is 11.8. The third kappa shape index (κ3) is 28.1. The van der Waals surface area contributed by atoms with Gasteiger partial charge in [0.25, 0.3) is 0 Å². The van der Waals surface area contributed by atoms with Gasteiger partial charge in [0, 0.05) is 12.8 Å². The van der Waals surface area contributed by atoms with Crippen molar-refractivity contribution in [3.8, 4) is 0 Å². The summed E-state index contributed by atoms with van der Waals surface area (Å²) in [7, 11) is 0. The summed E-state index contributed by atoms with van der Waals surface area (Å²) in [5.74, 6) is 0. The van der Waals surface area contributed by atoms with Crippen molar-refractivity contribution in [3.63, 3.8) is 0 Å². The molecule has 0 rings (SSSR count). The van der Waals surface area contributed by atoms with Crippen molar-refractivity contribution < 1.29 is 9.59 Å². The van der Waals surface area contributed by atoms with Gasteiger partial charge in [-0.05, 0) is 62.0 Å². The molecule has 0 aromatic heterocycles. The van der Waals surface area contributed by atoms with Crippen LogP contribution >= 0.6 is 23.2 Å². The second-order valence-corrected chi connectivity index (χ2v) is 6.17. The quantitative estimate of drug-likeness (QED) is 0.363. The van der Waals surface area contributed by atoms with Gasteiger partial charge in [-0.3, -0.25) is 9.59 Å². The van der Waals surface area contributed by atoms with Crippen molar-refractivity contribution in [2.45, 2.75) is 77.0 Å². The van der Waals surface area contributed by atoms with Gasteiger partial charge in [-0.2, -0.15) is 0 Å². The molecule has 0 saturated carbocycles. The predicted octanol–water partition coefficient (Wildman–Crippen LogP) is 4.10. The summed E-state index contributed by atoms with van der Waals surface area (Å²) < 4.78 is 0. The maximum atomic E-state index is 10.4. The molecule has 0 saturated heterocycles. The smallest absolute Gasteiger partial charge is 0.221 e. The Bertz CT molecular complexity index is 239. The average molecular weight is 355 g/mol. The van der Waals surface area contributed by atoms with Crippen LogP contribution in [0.4, 0.5) is 0 Å². The van der Waals surface area contributed by atoms with E-state index in [9.17, 15) is 9.59 Å². The lowest BCUT2D eigenvalue weighted by Crippen LogP contribution is -2.00. The number of carbonyl (C=O) groups excluding carboxylic acids is 2. The topological polar surface area (TPSA) is 86.2 Å². The van der Waals surface area contributed by atoms with E-state index in [1.807, 2.05) is 0 Å². The largest absolute Gasteiger partial charge is 0.330 e. The fraction of sp³-hybridized carbons (Fsp3) is 0.875. The molecule has 0 aliphatic carbocycles. The molecule has 0 aromatic carbocycles. The molecule has 4 nitrogen and oxygen atoms in total. The Morgan fingerprint density at radius 2 is 0.818 bits per heavy atom. The molecule has 0 bridgehead atoms. The van der Waals surface area contributed by atoms with Gasteiger partial charge in [-0.15, -0.1) is 0 Å². The third-order valence-corrected chi connectivity index (χ3v) is 3.53. The summed E-state index contributed by atoms with van der Waals surface area (Å²) in [5, 5.41) is -0.504. The first-order valence-electron chi connectivity index (χ1n) is 8.31. The highest BCUT2D eigenvalue weighted by Crippen LogP contribution is 2.10. The second-order valence-electron chi connectivity index (χ2n) is 5.32. The normalized spacial score (nSPS) is 10.0. The lowest BCUT2D eigenvalue weighted by molar-refractivity contribution is -0.112. The van der Waals surface area contributed by atoms with Gasteiger partial charge in [-0.1, -0.05) is 38.5 Å². The fourth-order valence-corrected chi connectivity index (χ4v) is 2.14. The number of nitrogens with two attached hydrogens (primary N) is 2. The van der Waals surface area contributed by atoms with Crippen molar-refractivity contribution in [1.29, 1.82) is 0 Å². The van der Waals surface area contributed by atoms with E-state index in [-0.39, 0.29) is 10.5 Å². The van der Waals surface area contributed by atoms with E-state index >= 15 is 0 Å². The molecule has 6 heteroatoms. The van der Waals surface area contributed by atoms with Crippen LogP contribution in [0, 0.1) is 0 Å². The Morgan fingerprint density at radius 1 is 0.545 bits per heavy atom. The van der Waals surface area contributed by atoms with Crippen molar-refractivity contribution in [2.24, 2.45) is 11.5 Å². The zero-order valence-corrected chi connectivity index (χ0v) is 15.1. The summed E-state index contributed by atoms with van der Waals surface area (Å²) in [6, 6.07) is 0. The van der Waals surface area contributed by atoms with Gasteiger partial charge in [0.15, 0.2) is 0 Å². The summed E-state index contributed by atoms with van der Waals surface area (Å²) in [6.45, 7) is 1.65. The molecule has 0 radical (unpaired) electrons. The van der Waals surface area contributed by atoms with E-state index in [1.54, 1.807) is 0 Å². The standard InChI is InChI=1S/C10H16Cl2O2.C6H16N2/c11-9(13)7-5-3-1-2-4-6-8-10(12)14;7-5-3-1-2-4-6-8/h1-8H2;1-8H2. The molecule has 0 heterocycles. The first kappa shape index (κ1) is 24.1. The third-order valence-electron chi connectivity index (χ3n) is 3.15. The Labute approximate surface area is 145 Å². The molecule has 0 aliphatic heterocycles. The lowest BCUT2D eigenvalue weighted by Gasteiger charge is -1.98. The van der Waals surface area contributed by atoms with Gasteiger partial charge >= 0.3 is 0 Å². The molecule has 0 amide bonds. The molecular formula is C16H32Cl2N2O2. The SMILES string of the molecule is NCCCCCCN.O=C(Cl)CCCCCCCCC(=O)Cl. The van der Waals surface area contributed by atoms with Crippen molar-refractivity contribution in [1.82, 2.24) is 0 Å². The van der Waals surface area contributed by atoms with Gasteiger partial charge < -0.3 is 11.5 Å². The first-order valence-corrected chi connectivity index (χ1v) is 9.07. The minimum Gasteiger partial charge on any atom is -0.330 e. The van der Waals surface area contributed by atoms with Crippen LogP contribution in [0.3, 0.4) is 0 Å². The summed E-state index contributed by atoms with van der Waals surface area (Å²) in [4.78, 5) is 20.7. The summed E-state index contributed by atoms with van der Waals surface area (Å²) in [5.41, 5.74) is 10.6. The molecule has 4 N–H and O–H groups in total. The van der Waals surface area contributed by atoms with E-state index in [1.165, 1.54) is 12.8 Å². The van der Waals surface area contributed by atoms with E-state index in [2.05, 4.69) is 0 Å². The molecule has 0 spiro atoms. The van der Waals surface area contributed by atoms with Crippen molar-refractivity contribution in [3.05, 3.63) is 0 Å². The Balaban J connectivity index is 0. The van der Waals surface area contributed by atoms with Gasteiger partial charge in [0.1, 0.15) is 0 Å². The molecule has 0 fully saturated rings. The van der Waals surface area contributed by atoms with Gasteiger partial charge in [0.05, 0.1) is 0 Å². The number of hydrogen-bond acceptors (Lipinski definition) is 4. The maximum Gasteiger partial charge on any atom is 0.221 e. The molecule has 0 unspecified atom stereocenters. The highest BCUT2D eigenvalue weighted by molar-refractivity contribution is 6.63. The number of hydrogen-bond donors (Lipinski definition) is 2. The molecule has 22 heavy (non-hydrogen) atoms. The minimum absolute atomic E-state index is 0.252. The Kier molecular flexibility index (Phi) is 22.8. The number of halogens is 2. The van der Waals surface area contributed by atoms with Crippen LogP contribution in [0.25, 0.3) is 0 Å².